The van der Waals surface area contributed by atoms with Crippen molar-refractivity contribution >= 4 is 12.2 Å². The Morgan fingerprint density at radius 2 is 0.818 bits per heavy atom. The fourth-order valence-corrected chi connectivity index (χ4v) is 0.884. The van der Waals surface area contributed by atoms with Crippen molar-refractivity contribution < 1.29 is 9.59 Å². The lowest BCUT2D eigenvalue weighted by atomic mass is 10.4. The summed E-state index contributed by atoms with van der Waals surface area (Å²) in [5, 5.41) is 10.8. The summed E-state index contributed by atoms with van der Waals surface area (Å²) in [6.45, 7) is 0. The zero-order valence-electron chi connectivity index (χ0n) is 6.35. The van der Waals surface area contributed by atoms with E-state index in [1.54, 1.807) is 0 Å². The third kappa shape index (κ3) is 28.3. The number of rotatable bonds is 0. The van der Waals surface area contributed by atoms with Crippen LogP contribution in [0.15, 0.2) is 0 Å². The first-order valence-electron chi connectivity index (χ1n) is 3.41. The van der Waals surface area contributed by atoms with Gasteiger partial charge in [0, 0.05) is 0 Å². The van der Waals surface area contributed by atoms with Crippen LogP contribution < -0.4 is 0 Å². The maximum absolute atomic E-state index is 8.35. The average molecular weight is 156 g/mol. The molecule has 0 unspecified atom stereocenters. The molecule has 4 heteroatoms. The van der Waals surface area contributed by atoms with Crippen LogP contribution in [0.1, 0.15) is 32.1 Å². The molecule has 0 spiro atoms. The van der Waals surface area contributed by atoms with Gasteiger partial charge >= 0.3 is 0 Å². The molecule has 11 heavy (non-hydrogen) atoms. The quantitative estimate of drug-likeness (QED) is 0.413. The second-order valence-electron chi connectivity index (χ2n) is 1.97. The van der Waals surface area contributed by atoms with Gasteiger partial charge in [0.15, 0.2) is 0 Å². The fourth-order valence-electron chi connectivity index (χ4n) is 0.884. The first kappa shape index (κ1) is 12.4. The molecule has 0 bridgehead atoms. The normalized spacial score (nSPS) is 12.4. The highest BCUT2D eigenvalue weighted by atomic mass is 16.1. The van der Waals surface area contributed by atoms with Crippen LogP contribution in [0.25, 0.3) is 0 Å². The fraction of sp³-hybridized carbons (Fsp3) is 0.714. The molecule has 0 saturated heterocycles. The van der Waals surface area contributed by atoms with E-state index in [9.17, 15) is 0 Å². The number of hydrogen-bond donors (Lipinski definition) is 2. The second-order valence-corrected chi connectivity index (χ2v) is 1.97. The van der Waals surface area contributed by atoms with Crippen LogP contribution in [0.2, 0.25) is 0 Å². The van der Waals surface area contributed by atoms with Gasteiger partial charge in [0.1, 0.15) is 0 Å². The van der Waals surface area contributed by atoms with E-state index in [-0.39, 0.29) is 0 Å². The van der Waals surface area contributed by atoms with Crippen molar-refractivity contribution in [3.63, 3.8) is 0 Å². The third-order valence-electron chi connectivity index (χ3n) is 1.25. The number of hydrogen-bond acceptors (Lipinski definition) is 4. The van der Waals surface area contributed by atoms with Crippen LogP contribution in [-0.4, -0.2) is 12.2 Å². The van der Waals surface area contributed by atoms with Crippen LogP contribution in [-0.2, 0) is 9.59 Å². The predicted molar refractivity (Wildman–Crippen MR) is 39.9 cm³/mol. The second kappa shape index (κ2) is 15.9. The molecule has 0 amide bonds. The lowest BCUT2D eigenvalue weighted by Gasteiger charge is -1.67. The Balaban J connectivity index is 0. The van der Waals surface area contributed by atoms with Crippen molar-refractivity contribution in [2.24, 2.45) is 0 Å². The molecular formula is C7H12N2O2. The Bertz CT molecular complexity index is 110. The minimum Gasteiger partial charge on any atom is -0.222 e. The van der Waals surface area contributed by atoms with Crippen molar-refractivity contribution in [3.05, 3.63) is 0 Å². The Kier molecular flexibility index (Phi) is 18.0. The third-order valence-corrected chi connectivity index (χ3v) is 1.25. The van der Waals surface area contributed by atoms with E-state index in [2.05, 4.69) is 0 Å². The lowest BCUT2D eigenvalue weighted by Crippen LogP contribution is -1.47. The van der Waals surface area contributed by atoms with Gasteiger partial charge in [-0.15, -0.1) is 0 Å². The van der Waals surface area contributed by atoms with Crippen molar-refractivity contribution in [2.45, 2.75) is 32.1 Å². The van der Waals surface area contributed by atoms with E-state index in [0.717, 1.165) is 12.2 Å². The van der Waals surface area contributed by atoms with Gasteiger partial charge in [-0.25, -0.2) is 20.4 Å². The van der Waals surface area contributed by atoms with Gasteiger partial charge in [0.25, 0.3) is 0 Å². The lowest BCUT2D eigenvalue weighted by molar-refractivity contribution is 0.562. The minimum absolute atomic E-state index is 0.750. The molecule has 0 atom stereocenters. The van der Waals surface area contributed by atoms with Gasteiger partial charge in [-0.2, -0.15) is 0 Å². The smallest absolute Gasteiger partial charge is 0.222 e. The van der Waals surface area contributed by atoms with E-state index < -0.39 is 0 Å². The van der Waals surface area contributed by atoms with E-state index in [1.165, 1.54) is 32.1 Å². The van der Waals surface area contributed by atoms with Gasteiger partial charge in [-0.3, -0.25) is 0 Å². The molecule has 1 fully saturated rings. The Morgan fingerprint density at radius 1 is 0.727 bits per heavy atom. The molecule has 62 valence electrons. The van der Waals surface area contributed by atoms with Crippen molar-refractivity contribution in [1.29, 1.82) is 10.8 Å². The highest BCUT2D eigenvalue weighted by Crippen LogP contribution is 2.15. The van der Waals surface area contributed by atoms with Crippen LogP contribution >= 0.6 is 0 Å². The standard InChI is InChI=1S/C5H10.2CHNO/c1-2-4-5-3-1;2*2-1-3/h1-5H2;2*2H. The monoisotopic (exact) mass is 156 g/mol. The first-order valence-corrected chi connectivity index (χ1v) is 3.41. The summed E-state index contributed by atoms with van der Waals surface area (Å²) < 4.78 is 0. The number of isocyanates is 2. The van der Waals surface area contributed by atoms with E-state index in [0.29, 0.717) is 0 Å². The molecular weight excluding hydrogens is 144 g/mol. The summed E-state index contributed by atoms with van der Waals surface area (Å²) in [4.78, 5) is 16.7. The van der Waals surface area contributed by atoms with Crippen LogP contribution in [0, 0.1) is 10.8 Å². The van der Waals surface area contributed by atoms with Gasteiger partial charge in [-0.05, 0) is 0 Å². The Hall–Kier alpha value is -1.24. The van der Waals surface area contributed by atoms with Crippen LogP contribution in [0.3, 0.4) is 0 Å². The molecule has 4 nitrogen and oxygen atoms in total. The maximum atomic E-state index is 8.35. The van der Waals surface area contributed by atoms with Gasteiger partial charge < -0.3 is 0 Å². The zero-order chi connectivity index (χ0) is 8.95. The molecule has 0 aromatic carbocycles. The molecule has 0 aromatic heterocycles. The van der Waals surface area contributed by atoms with Crippen molar-refractivity contribution in [3.8, 4) is 0 Å². The predicted octanol–water partition coefficient (Wildman–Crippen LogP) is 1.75. The molecule has 0 aliphatic heterocycles. The Morgan fingerprint density at radius 3 is 0.909 bits per heavy atom. The first-order chi connectivity index (χ1) is 5.33. The summed E-state index contributed by atoms with van der Waals surface area (Å²) in [6, 6.07) is 0. The SMILES string of the molecule is C1CCCC1.N=C=O.N=C=O. The zero-order valence-corrected chi connectivity index (χ0v) is 6.35. The molecule has 0 heterocycles. The molecule has 0 aromatic rings. The number of nitrogens with one attached hydrogen (secondary N) is 2. The molecule has 1 rings (SSSR count). The van der Waals surface area contributed by atoms with Crippen molar-refractivity contribution in [2.75, 3.05) is 0 Å². The molecule has 1 aliphatic carbocycles. The van der Waals surface area contributed by atoms with E-state index in [1.807, 2.05) is 0 Å². The summed E-state index contributed by atoms with van der Waals surface area (Å²) in [5.74, 6) is 0. The highest BCUT2D eigenvalue weighted by Gasteiger charge is 1.95. The molecule has 1 aliphatic rings. The molecule has 2 N–H and O–H groups in total. The van der Waals surface area contributed by atoms with E-state index in [4.69, 9.17) is 20.4 Å². The number of carbonyl (C=O) groups excluding carboxylic acids is 2. The maximum Gasteiger partial charge on any atom is 0.231 e. The van der Waals surface area contributed by atoms with Crippen molar-refractivity contribution in [1.82, 2.24) is 0 Å². The average Bonchev–Trinajstić information content (AvgIpc) is 2.44. The molecule has 0 radical (unpaired) electrons. The topological polar surface area (TPSA) is 81.8 Å². The van der Waals surface area contributed by atoms with Crippen LogP contribution in [0.4, 0.5) is 0 Å². The van der Waals surface area contributed by atoms with Gasteiger partial charge in [0.2, 0.25) is 12.2 Å². The van der Waals surface area contributed by atoms with Crippen LogP contribution in [0.5, 0.6) is 0 Å². The summed E-state index contributed by atoms with van der Waals surface area (Å²) >= 11 is 0. The van der Waals surface area contributed by atoms with Gasteiger partial charge in [0.05, 0.1) is 0 Å². The minimum atomic E-state index is 0.750. The van der Waals surface area contributed by atoms with Gasteiger partial charge in [-0.1, -0.05) is 32.1 Å². The highest BCUT2D eigenvalue weighted by molar-refractivity contribution is 5.26. The summed E-state index contributed by atoms with van der Waals surface area (Å²) in [6.07, 6.45) is 9.00. The largest absolute Gasteiger partial charge is 0.231 e. The Labute approximate surface area is 65.6 Å². The van der Waals surface area contributed by atoms with E-state index >= 15 is 0 Å². The summed E-state index contributed by atoms with van der Waals surface area (Å²) in [5.41, 5.74) is 0. The summed E-state index contributed by atoms with van der Waals surface area (Å²) in [7, 11) is 0. The molecule has 1 saturated carbocycles.